The molecule has 4 N–H and O–H groups in total. The molecule has 3 rings (SSSR count). The number of amidine groups is 1. The highest BCUT2D eigenvalue weighted by atomic mass is 16.7. The number of carbonyl (C=O) groups is 1. The summed E-state index contributed by atoms with van der Waals surface area (Å²) in [6.07, 6.45) is 3.08. The molecule has 0 aliphatic carbocycles. The summed E-state index contributed by atoms with van der Waals surface area (Å²) >= 11 is 0. The van der Waals surface area contributed by atoms with Gasteiger partial charge < -0.3 is 15.9 Å². The Hall–Kier alpha value is -4.00. The van der Waals surface area contributed by atoms with Gasteiger partial charge in [0.25, 0.3) is 0 Å². The van der Waals surface area contributed by atoms with Gasteiger partial charge >= 0.3 is 5.97 Å². The van der Waals surface area contributed by atoms with E-state index in [-0.39, 0.29) is 17.8 Å². The number of carbonyl (C=O) groups excluding carboxylic acids is 1. The molecule has 0 unspecified atom stereocenters. The normalized spacial score (nSPS) is 15.1. The third-order valence-corrected chi connectivity index (χ3v) is 3.24. The van der Waals surface area contributed by atoms with E-state index in [1.54, 1.807) is 24.3 Å². The number of nitrogens with zero attached hydrogens (tertiary/aromatic N) is 5. The zero-order valence-corrected chi connectivity index (χ0v) is 12.8. The summed E-state index contributed by atoms with van der Waals surface area (Å²) in [5.41, 5.74) is 6.90. The first-order chi connectivity index (χ1) is 12.1. The minimum Gasteiger partial charge on any atom is -0.383 e. The second-order valence-corrected chi connectivity index (χ2v) is 4.92. The number of fused-ring (bicyclic) bond motifs is 1. The number of nitrogens with two attached hydrogens (primary N) is 1. The number of nitrogens with one attached hydrogen (secondary N) is 2. The molecule has 0 saturated carbocycles. The Morgan fingerprint density at radius 1 is 1.44 bits per heavy atom. The molecule has 10 heteroatoms. The minimum atomic E-state index is -0.917. The van der Waals surface area contributed by atoms with Gasteiger partial charge in [0.2, 0.25) is 0 Å². The first-order valence-corrected chi connectivity index (χ1v) is 7.08. The summed E-state index contributed by atoms with van der Waals surface area (Å²) in [6, 6.07) is 8.89. The molecule has 1 aromatic carbocycles. The molecule has 0 saturated heterocycles. The molecule has 25 heavy (non-hydrogen) atoms. The van der Waals surface area contributed by atoms with E-state index in [1.165, 1.54) is 12.4 Å². The topological polar surface area (TPSA) is 155 Å². The fraction of sp³-hybridized carbons (Fsp3) is 0.0667. The molecule has 2 heterocycles. The number of rotatable bonds is 4. The van der Waals surface area contributed by atoms with E-state index in [2.05, 4.69) is 20.6 Å². The first kappa shape index (κ1) is 15.9. The Bertz CT molecular complexity index is 992. The zero-order chi connectivity index (χ0) is 17.8. The van der Waals surface area contributed by atoms with Gasteiger partial charge in [0.15, 0.2) is 0 Å². The van der Waals surface area contributed by atoms with Crippen molar-refractivity contribution in [2.45, 2.75) is 6.42 Å². The Morgan fingerprint density at radius 3 is 2.92 bits per heavy atom. The Labute approximate surface area is 141 Å². The molecule has 0 fully saturated rings. The van der Waals surface area contributed by atoms with Crippen LogP contribution < -0.4 is 15.9 Å². The quantitative estimate of drug-likeness (QED) is 0.307. The molecular weight excluding hydrogens is 324 g/mol. The van der Waals surface area contributed by atoms with E-state index < -0.39 is 11.8 Å². The van der Waals surface area contributed by atoms with E-state index in [0.717, 1.165) is 4.85 Å². The van der Waals surface area contributed by atoms with Crippen LogP contribution in [-0.4, -0.2) is 33.2 Å². The van der Waals surface area contributed by atoms with Crippen LogP contribution in [-0.2, 0) is 4.79 Å². The van der Waals surface area contributed by atoms with Gasteiger partial charge in [-0.05, 0) is 17.3 Å². The van der Waals surface area contributed by atoms with Crippen molar-refractivity contribution in [3.63, 3.8) is 0 Å². The number of allylic oxidation sites excluding steroid dienone is 1. The molecule has 0 bridgehead atoms. The van der Waals surface area contributed by atoms with Gasteiger partial charge in [-0.25, -0.2) is 9.79 Å². The number of para-hydroxylation sites is 1. The van der Waals surface area contributed by atoms with Crippen LogP contribution in [0.15, 0.2) is 52.4 Å². The Balaban J connectivity index is 1.88. The molecule has 0 amide bonds. The lowest BCUT2D eigenvalue weighted by atomic mass is 10.2. The Morgan fingerprint density at radius 2 is 2.24 bits per heavy atom. The van der Waals surface area contributed by atoms with Crippen molar-refractivity contribution in [3.8, 4) is 6.07 Å². The van der Waals surface area contributed by atoms with E-state index in [9.17, 15) is 4.79 Å². The highest BCUT2D eigenvalue weighted by Crippen LogP contribution is 2.12. The van der Waals surface area contributed by atoms with Crippen molar-refractivity contribution < 1.29 is 9.63 Å². The number of aromatic nitrogens is 3. The van der Waals surface area contributed by atoms with Gasteiger partial charge in [-0.1, -0.05) is 17.0 Å². The molecule has 0 atom stereocenters. The summed E-state index contributed by atoms with van der Waals surface area (Å²) in [5.74, 6) is -1.39. The van der Waals surface area contributed by atoms with Crippen molar-refractivity contribution in [3.05, 3.63) is 47.4 Å². The number of aliphatic imine (C=N–C) groups is 1. The first-order valence-electron chi connectivity index (χ1n) is 7.08. The molecule has 2 aromatic rings. The minimum absolute atomic E-state index is 0.0450. The van der Waals surface area contributed by atoms with Gasteiger partial charge in [0.05, 0.1) is 12.5 Å². The SMILES string of the molecule is N#CCC1=CN/C(=C(\C(=N)N)C(=O)On2nnc3ccccc32)N=C1. The molecule has 0 radical (unpaired) electrons. The fourth-order valence-corrected chi connectivity index (χ4v) is 2.08. The largest absolute Gasteiger partial charge is 0.383 e. The maximum atomic E-state index is 12.4. The third-order valence-electron chi connectivity index (χ3n) is 3.24. The summed E-state index contributed by atoms with van der Waals surface area (Å²) in [7, 11) is 0. The van der Waals surface area contributed by atoms with E-state index in [4.69, 9.17) is 21.2 Å². The zero-order valence-electron chi connectivity index (χ0n) is 12.8. The average molecular weight is 336 g/mol. The van der Waals surface area contributed by atoms with Crippen molar-refractivity contribution >= 4 is 29.1 Å². The van der Waals surface area contributed by atoms with Crippen LogP contribution >= 0.6 is 0 Å². The van der Waals surface area contributed by atoms with E-state index in [1.807, 2.05) is 6.07 Å². The second-order valence-electron chi connectivity index (χ2n) is 4.92. The van der Waals surface area contributed by atoms with Crippen LogP contribution in [0, 0.1) is 16.7 Å². The van der Waals surface area contributed by atoms with Crippen molar-refractivity contribution in [1.29, 1.82) is 10.7 Å². The van der Waals surface area contributed by atoms with Crippen LogP contribution in [0.4, 0.5) is 0 Å². The molecule has 124 valence electrons. The maximum Gasteiger partial charge on any atom is 0.373 e. The molecular formula is C15H12N8O2. The predicted octanol–water partition coefficient (Wildman–Crippen LogP) is 0.00565. The number of hydrogen-bond donors (Lipinski definition) is 3. The van der Waals surface area contributed by atoms with Gasteiger partial charge in [0.1, 0.15) is 28.3 Å². The van der Waals surface area contributed by atoms with Crippen molar-refractivity contribution in [2.75, 3.05) is 0 Å². The van der Waals surface area contributed by atoms with Crippen LogP contribution in [0.3, 0.4) is 0 Å². The maximum absolute atomic E-state index is 12.4. The van der Waals surface area contributed by atoms with Crippen LogP contribution in [0.2, 0.25) is 0 Å². The lowest BCUT2D eigenvalue weighted by molar-refractivity contribution is -0.140. The van der Waals surface area contributed by atoms with E-state index in [0.29, 0.717) is 16.6 Å². The Kier molecular flexibility index (Phi) is 4.21. The summed E-state index contributed by atoms with van der Waals surface area (Å²) in [4.78, 5) is 22.6. The molecule has 0 spiro atoms. The monoisotopic (exact) mass is 336 g/mol. The summed E-state index contributed by atoms with van der Waals surface area (Å²) < 4.78 is 0. The standard InChI is InChI=1S/C15H12N8O2/c16-6-5-9-7-19-14(20-8-9)12(13(17)18)15(24)25-23-11-4-2-1-3-10(11)21-22-23/h1-4,7-8,19H,5H2,(H3,17,18)/b14-12-. The fourth-order valence-electron chi connectivity index (χ4n) is 2.08. The summed E-state index contributed by atoms with van der Waals surface area (Å²) in [6.45, 7) is 0. The highest BCUT2D eigenvalue weighted by Gasteiger charge is 2.23. The lowest BCUT2D eigenvalue weighted by Crippen LogP contribution is -2.32. The van der Waals surface area contributed by atoms with Crippen molar-refractivity contribution in [2.24, 2.45) is 10.7 Å². The molecule has 1 aliphatic heterocycles. The van der Waals surface area contributed by atoms with Crippen LogP contribution in [0.25, 0.3) is 11.0 Å². The van der Waals surface area contributed by atoms with E-state index >= 15 is 0 Å². The smallest absolute Gasteiger partial charge is 0.373 e. The predicted molar refractivity (Wildman–Crippen MR) is 88.0 cm³/mol. The second kappa shape index (κ2) is 6.63. The van der Waals surface area contributed by atoms with Crippen molar-refractivity contribution in [1.82, 2.24) is 20.5 Å². The number of hydrogen-bond acceptors (Lipinski definition) is 8. The van der Waals surface area contributed by atoms with Gasteiger partial charge in [-0.15, -0.1) is 5.10 Å². The summed E-state index contributed by atoms with van der Waals surface area (Å²) in [5, 5.41) is 26.6. The van der Waals surface area contributed by atoms with Gasteiger partial charge in [0, 0.05) is 18.0 Å². The van der Waals surface area contributed by atoms with Crippen LogP contribution in [0.1, 0.15) is 6.42 Å². The van der Waals surface area contributed by atoms with Gasteiger partial charge in [-0.3, -0.25) is 5.41 Å². The third kappa shape index (κ3) is 3.20. The number of nitriles is 1. The highest BCUT2D eigenvalue weighted by molar-refractivity contribution is 6.17. The average Bonchev–Trinajstić information content (AvgIpc) is 3.00. The molecule has 1 aromatic heterocycles. The van der Waals surface area contributed by atoms with Crippen LogP contribution in [0.5, 0.6) is 0 Å². The lowest BCUT2D eigenvalue weighted by Gasteiger charge is -2.13. The molecule has 1 aliphatic rings. The molecule has 10 nitrogen and oxygen atoms in total. The van der Waals surface area contributed by atoms with Gasteiger partial charge in [-0.2, -0.15) is 5.26 Å². The number of benzene rings is 1.